The summed E-state index contributed by atoms with van der Waals surface area (Å²) in [4.78, 5) is 19.6. The van der Waals surface area contributed by atoms with Crippen LogP contribution in [0.3, 0.4) is 0 Å². The van der Waals surface area contributed by atoms with Gasteiger partial charge in [-0.1, -0.05) is 6.07 Å². The number of nitrogens with zero attached hydrogens (tertiary/aromatic N) is 3. The Morgan fingerprint density at radius 3 is 2.43 bits per heavy atom. The number of hydrogen-bond donors (Lipinski definition) is 2. The number of aromatic nitrogens is 1. The van der Waals surface area contributed by atoms with E-state index >= 15 is 0 Å². The number of pyridine rings is 1. The first-order valence-electron chi connectivity index (χ1n) is 7.20. The van der Waals surface area contributed by atoms with Gasteiger partial charge in [0.1, 0.15) is 5.69 Å². The molecule has 0 unspecified atom stereocenters. The summed E-state index contributed by atoms with van der Waals surface area (Å²) in [7, 11) is 0. The van der Waals surface area contributed by atoms with Gasteiger partial charge in [-0.3, -0.25) is 9.80 Å². The van der Waals surface area contributed by atoms with E-state index in [1.54, 1.807) is 6.07 Å². The molecule has 116 valence electrons. The van der Waals surface area contributed by atoms with Crippen molar-refractivity contribution < 1.29 is 15.0 Å². The van der Waals surface area contributed by atoms with Crippen molar-refractivity contribution in [3.63, 3.8) is 0 Å². The van der Waals surface area contributed by atoms with E-state index in [4.69, 9.17) is 5.11 Å². The molecule has 1 saturated heterocycles. The standard InChI is InChI=1S/C15H23N3O3/c1-15(2,21)11-18-8-6-17(7-9-18)10-12-4-3-5-13(16-12)14(19)20/h3-5,21H,6-11H2,1-2H3,(H,19,20). The largest absolute Gasteiger partial charge is 0.477 e. The second-order valence-electron chi connectivity index (χ2n) is 6.18. The van der Waals surface area contributed by atoms with Crippen molar-refractivity contribution in [2.45, 2.75) is 26.0 Å². The van der Waals surface area contributed by atoms with Gasteiger partial charge in [0.2, 0.25) is 0 Å². The molecule has 1 fully saturated rings. The average Bonchev–Trinajstić information content (AvgIpc) is 2.40. The molecule has 6 heteroatoms. The number of aliphatic hydroxyl groups is 1. The van der Waals surface area contributed by atoms with Crippen LogP contribution in [0.2, 0.25) is 0 Å². The summed E-state index contributed by atoms with van der Waals surface area (Å²) in [6.45, 7) is 8.59. The minimum atomic E-state index is -0.994. The monoisotopic (exact) mass is 293 g/mol. The van der Waals surface area contributed by atoms with Crippen molar-refractivity contribution >= 4 is 5.97 Å². The lowest BCUT2D eigenvalue weighted by Gasteiger charge is -2.37. The minimum absolute atomic E-state index is 0.0909. The van der Waals surface area contributed by atoms with Gasteiger partial charge >= 0.3 is 5.97 Å². The van der Waals surface area contributed by atoms with Crippen LogP contribution in [-0.2, 0) is 6.54 Å². The fourth-order valence-corrected chi connectivity index (χ4v) is 2.57. The second kappa shape index (κ2) is 6.51. The summed E-state index contributed by atoms with van der Waals surface area (Å²) in [6.07, 6.45) is 0. The zero-order valence-corrected chi connectivity index (χ0v) is 12.6. The van der Waals surface area contributed by atoms with E-state index in [1.165, 1.54) is 6.07 Å². The van der Waals surface area contributed by atoms with Gasteiger partial charge < -0.3 is 10.2 Å². The molecule has 6 nitrogen and oxygen atoms in total. The molecule has 2 N–H and O–H groups in total. The van der Waals surface area contributed by atoms with Gasteiger partial charge in [0.15, 0.2) is 0 Å². The van der Waals surface area contributed by atoms with Crippen LogP contribution in [0.25, 0.3) is 0 Å². The van der Waals surface area contributed by atoms with E-state index in [9.17, 15) is 9.90 Å². The lowest BCUT2D eigenvalue weighted by molar-refractivity contribution is 0.0165. The third-order valence-electron chi connectivity index (χ3n) is 3.49. The Morgan fingerprint density at radius 1 is 1.24 bits per heavy atom. The molecule has 0 aliphatic carbocycles. The Hall–Kier alpha value is -1.50. The van der Waals surface area contributed by atoms with Gasteiger partial charge in [-0.15, -0.1) is 0 Å². The number of carboxylic acid groups (broad SMARTS) is 1. The molecule has 1 aromatic rings. The maximum atomic E-state index is 10.9. The molecule has 0 bridgehead atoms. The summed E-state index contributed by atoms with van der Waals surface area (Å²) < 4.78 is 0. The highest BCUT2D eigenvalue weighted by Crippen LogP contribution is 2.11. The van der Waals surface area contributed by atoms with Crippen molar-refractivity contribution in [2.75, 3.05) is 32.7 Å². The molecule has 1 aromatic heterocycles. The molecule has 0 spiro atoms. The zero-order chi connectivity index (χ0) is 15.5. The van der Waals surface area contributed by atoms with Crippen LogP contribution < -0.4 is 0 Å². The normalized spacial score (nSPS) is 17.9. The molecule has 1 aliphatic heterocycles. The lowest BCUT2D eigenvalue weighted by atomic mass is 10.1. The van der Waals surface area contributed by atoms with Gasteiger partial charge in [0, 0.05) is 39.3 Å². The first-order chi connectivity index (χ1) is 9.83. The van der Waals surface area contributed by atoms with Crippen molar-refractivity contribution in [1.29, 1.82) is 0 Å². The highest BCUT2D eigenvalue weighted by atomic mass is 16.4. The molecular weight excluding hydrogens is 270 g/mol. The Balaban J connectivity index is 1.86. The molecule has 21 heavy (non-hydrogen) atoms. The van der Waals surface area contributed by atoms with Gasteiger partial charge in [-0.2, -0.15) is 0 Å². The summed E-state index contributed by atoms with van der Waals surface area (Å²) in [5, 5.41) is 18.8. The van der Waals surface area contributed by atoms with E-state index in [2.05, 4.69) is 14.8 Å². The number of hydrogen-bond acceptors (Lipinski definition) is 5. The summed E-state index contributed by atoms with van der Waals surface area (Å²) in [5.41, 5.74) is 0.207. The summed E-state index contributed by atoms with van der Waals surface area (Å²) in [5.74, 6) is -0.994. The quantitative estimate of drug-likeness (QED) is 0.831. The van der Waals surface area contributed by atoms with Crippen molar-refractivity contribution in [3.8, 4) is 0 Å². The number of carbonyl (C=O) groups is 1. The minimum Gasteiger partial charge on any atom is -0.477 e. The van der Waals surface area contributed by atoms with Crippen LogP contribution in [0.4, 0.5) is 0 Å². The summed E-state index contributed by atoms with van der Waals surface area (Å²) in [6, 6.07) is 5.10. The highest BCUT2D eigenvalue weighted by molar-refractivity contribution is 5.85. The number of piperazine rings is 1. The Kier molecular flexibility index (Phi) is 4.92. The average molecular weight is 293 g/mol. The van der Waals surface area contributed by atoms with Crippen LogP contribution in [0.15, 0.2) is 18.2 Å². The summed E-state index contributed by atoms with van der Waals surface area (Å²) >= 11 is 0. The van der Waals surface area contributed by atoms with E-state index in [0.717, 1.165) is 31.9 Å². The van der Waals surface area contributed by atoms with E-state index in [-0.39, 0.29) is 5.69 Å². The molecule has 1 aliphatic rings. The third-order valence-corrected chi connectivity index (χ3v) is 3.49. The van der Waals surface area contributed by atoms with Crippen molar-refractivity contribution in [3.05, 3.63) is 29.6 Å². The topological polar surface area (TPSA) is 76.9 Å². The molecule has 0 amide bonds. The number of carboxylic acids is 1. The predicted molar refractivity (Wildman–Crippen MR) is 79.2 cm³/mol. The van der Waals surface area contributed by atoms with E-state index in [1.807, 2.05) is 19.9 Å². The lowest BCUT2D eigenvalue weighted by Crippen LogP contribution is -2.50. The molecule has 2 rings (SSSR count). The molecule has 2 heterocycles. The van der Waals surface area contributed by atoms with E-state index in [0.29, 0.717) is 13.1 Å². The van der Waals surface area contributed by atoms with Crippen LogP contribution in [-0.4, -0.2) is 69.3 Å². The van der Waals surface area contributed by atoms with Crippen molar-refractivity contribution in [2.24, 2.45) is 0 Å². The van der Waals surface area contributed by atoms with Gasteiger partial charge in [0.25, 0.3) is 0 Å². The molecular formula is C15H23N3O3. The Labute approximate surface area is 125 Å². The number of β-amino-alcohol motifs (C(OH)–C–C–N with tert-alkyl or cyclic N) is 1. The SMILES string of the molecule is CC(C)(O)CN1CCN(Cc2cccc(C(=O)O)n2)CC1. The Bertz CT molecular complexity index is 491. The second-order valence-corrected chi connectivity index (χ2v) is 6.18. The van der Waals surface area contributed by atoms with Crippen LogP contribution in [0.5, 0.6) is 0 Å². The van der Waals surface area contributed by atoms with Gasteiger partial charge in [-0.25, -0.2) is 9.78 Å². The maximum Gasteiger partial charge on any atom is 0.354 e. The molecule has 0 radical (unpaired) electrons. The smallest absolute Gasteiger partial charge is 0.354 e. The third kappa shape index (κ3) is 5.08. The van der Waals surface area contributed by atoms with Crippen molar-refractivity contribution in [1.82, 2.24) is 14.8 Å². The zero-order valence-electron chi connectivity index (χ0n) is 12.6. The fourth-order valence-electron chi connectivity index (χ4n) is 2.57. The van der Waals surface area contributed by atoms with Crippen LogP contribution in [0.1, 0.15) is 30.0 Å². The highest BCUT2D eigenvalue weighted by Gasteiger charge is 2.22. The van der Waals surface area contributed by atoms with Gasteiger partial charge in [-0.05, 0) is 26.0 Å². The van der Waals surface area contributed by atoms with Crippen LogP contribution >= 0.6 is 0 Å². The fraction of sp³-hybridized carbons (Fsp3) is 0.600. The number of aromatic carboxylic acids is 1. The van der Waals surface area contributed by atoms with Gasteiger partial charge in [0.05, 0.1) is 11.3 Å². The van der Waals surface area contributed by atoms with E-state index < -0.39 is 11.6 Å². The van der Waals surface area contributed by atoms with Crippen LogP contribution in [0, 0.1) is 0 Å². The molecule has 0 saturated carbocycles. The maximum absolute atomic E-state index is 10.9. The predicted octanol–water partition coefficient (Wildman–Crippen LogP) is 0.668. The molecule has 0 atom stereocenters. The number of rotatable bonds is 5. The Morgan fingerprint density at radius 2 is 1.86 bits per heavy atom. The first-order valence-corrected chi connectivity index (χ1v) is 7.20. The molecule has 0 aromatic carbocycles. The first kappa shape index (κ1) is 15.9.